The van der Waals surface area contributed by atoms with Crippen molar-refractivity contribution in [3.05, 3.63) is 99.0 Å². The largest absolute Gasteiger partial charge is 0.484 e. The van der Waals surface area contributed by atoms with E-state index >= 15 is 0 Å². The van der Waals surface area contributed by atoms with Gasteiger partial charge in [0.15, 0.2) is 6.61 Å². The molecule has 0 unspecified atom stereocenters. The van der Waals surface area contributed by atoms with Gasteiger partial charge >= 0.3 is 0 Å². The molecular formula is C28H30Cl2N2O3. The first-order valence-electron chi connectivity index (χ1n) is 11.5. The number of nitrogens with one attached hydrogen (secondary N) is 1. The number of likely N-dealkylation sites (N-methyl/N-ethyl adjacent to an activating group) is 1. The maximum Gasteiger partial charge on any atom is 0.261 e. The number of carbonyl (C=O) groups excluding carboxylic acids is 2. The van der Waals surface area contributed by atoms with Crippen molar-refractivity contribution in [3.8, 4) is 5.75 Å². The highest BCUT2D eigenvalue weighted by Crippen LogP contribution is 2.24. The van der Waals surface area contributed by atoms with E-state index in [1.807, 2.05) is 69.3 Å². The van der Waals surface area contributed by atoms with E-state index in [4.69, 9.17) is 27.9 Å². The smallest absolute Gasteiger partial charge is 0.261 e. The Morgan fingerprint density at radius 2 is 1.66 bits per heavy atom. The molecule has 7 heteroatoms. The molecule has 0 bridgehead atoms. The van der Waals surface area contributed by atoms with Gasteiger partial charge in [-0.25, -0.2) is 0 Å². The van der Waals surface area contributed by atoms with Crippen molar-refractivity contribution >= 4 is 35.0 Å². The molecule has 5 nitrogen and oxygen atoms in total. The van der Waals surface area contributed by atoms with Crippen LogP contribution in [0.25, 0.3) is 0 Å². The third-order valence-corrected chi connectivity index (χ3v) is 6.54. The number of benzene rings is 3. The lowest BCUT2D eigenvalue weighted by molar-refractivity contribution is -0.142. The molecule has 0 spiro atoms. The number of rotatable bonds is 10. The molecule has 0 radical (unpaired) electrons. The van der Waals surface area contributed by atoms with Gasteiger partial charge in [-0.2, -0.15) is 0 Å². The second kappa shape index (κ2) is 12.6. The molecule has 3 aromatic rings. The van der Waals surface area contributed by atoms with E-state index in [2.05, 4.69) is 5.32 Å². The summed E-state index contributed by atoms with van der Waals surface area (Å²) in [7, 11) is 0. The Morgan fingerprint density at radius 1 is 0.914 bits per heavy atom. The number of carbonyl (C=O) groups is 2. The summed E-state index contributed by atoms with van der Waals surface area (Å²) in [6.07, 6.45) is 0.364. The number of hydrogen-bond donors (Lipinski definition) is 1. The van der Waals surface area contributed by atoms with Crippen LogP contribution in [0.1, 0.15) is 29.2 Å². The van der Waals surface area contributed by atoms with Crippen molar-refractivity contribution in [3.63, 3.8) is 0 Å². The van der Waals surface area contributed by atoms with Crippen LogP contribution in [-0.2, 0) is 22.6 Å². The van der Waals surface area contributed by atoms with Gasteiger partial charge in [-0.3, -0.25) is 9.59 Å². The van der Waals surface area contributed by atoms with Gasteiger partial charge in [0, 0.05) is 19.5 Å². The van der Waals surface area contributed by atoms with Crippen LogP contribution >= 0.6 is 23.2 Å². The van der Waals surface area contributed by atoms with Crippen LogP contribution < -0.4 is 10.1 Å². The number of halogens is 2. The van der Waals surface area contributed by atoms with Crippen molar-refractivity contribution < 1.29 is 14.3 Å². The zero-order chi connectivity index (χ0) is 25.4. The molecule has 0 saturated carbocycles. The highest BCUT2D eigenvalue weighted by atomic mass is 35.5. The van der Waals surface area contributed by atoms with Crippen LogP contribution in [0.4, 0.5) is 0 Å². The fraction of sp³-hybridized carbons (Fsp3) is 0.286. The third-order valence-electron chi connectivity index (χ3n) is 5.80. The van der Waals surface area contributed by atoms with Gasteiger partial charge in [0.2, 0.25) is 5.91 Å². The minimum atomic E-state index is -0.734. The summed E-state index contributed by atoms with van der Waals surface area (Å²) in [5.41, 5.74) is 3.93. The number of hydrogen-bond acceptors (Lipinski definition) is 3. The fourth-order valence-electron chi connectivity index (χ4n) is 3.71. The van der Waals surface area contributed by atoms with E-state index in [9.17, 15) is 9.59 Å². The third kappa shape index (κ3) is 7.48. The molecule has 0 aliphatic rings. The Hall–Kier alpha value is -3.02. The zero-order valence-corrected chi connectivity index (χ0v) is 21.7. The van der Waals surface area contributed by atoms with E-state index in [-0.39, 0.29) is 25.0 Å². The number of amides is 2. The van der Waals surface area contributed by atoms with E-state index in [0.29, 0.717) is 28.8 Å². The molecule has 35 heavy (non-hydrogen) atoms. The summed E-state index contributed by atoms with van der Waals surface area (Å²) >= 11 is 12.3. The first-order chi connectivity index (χ1) is 16.8. The average molecular weight is 513 g/mol. The molecule has 0 aliphatic heterocycles. The van der Waals surface area contributed by atoms with Crippen molar-refractivity contribution in [1.82, 2.24) is 10.2 Å². The standard InChI is InChI=1S/C28H30Cl2N2O3/c1-4-31-28(34)26(16-21-8-6-5-7-9-21)32(17-22-11-13-24(29)25(30)15-22)27(33)18-35-23-12-10-19(2)20(3)14-23/h5-15,26H,4,16-18H2,1-3H3,(H,31,34)/t26-/m1/s1. The molecule has 0 heterocycles. The summed E-state index contributed by atoms with van der Waals surface area (Å²) in [5, 5.41) is 3.69. The lowest BCUT2D eigenvalue weighted by Gasteiger charge is -2.31. The number of nitrogens with zero attached hydrogens (tertiary/aromatic N) is 1. The Labute approximate surface area is 217 Å². The molecule has 0 fully saturated rings. The fourth-order valence-corrected chi connectivity index (χ4v) is 4.03. The van der Waals surface area contributed by atoms with Crippen LogP contribution in [0.2, 0.25) is 10.0 Å². The first-order valence-corrected chi connectivity index (χ1v) is 12.3. The molecule has 3 aromatic carbocycles. The van der Waals surface area contributed by atoms with Gasteiger partial charge in [-0.05, 0) is 67.3 Å². The van der Waals surface area contributed by atoms with Crippen molar-refractivity contribution in [1.29, 1.82) is 0 Å². The maximum atomic E-state index is 13.5. The summed E-state index contributed by atoms with van der Waals surface area (Å²) in [5.74, 6) is 0.0750. The van der Waals surface area contributed by atoms with Gasteiger partial charge in [-0.1, -0.05) is 65.7 Å². The SMILES string of the molecule is CCNC(=O)[C@@H](Cc1ccccc1)N(Cc1ccc(Cl)c(Cl)c1)C(=O)COc1ccc(C)c(C)c1. The Morgan fingerprint density at radius 3 is 2.31 bits per heavy atom. The summed E-state index contributed by atoms with van der Waals surface area (Å²) in [6, 6.07) is 19.8. The molecule has 1 N–H and O–H groups in total. The number of aryl methyl sites for hydroxylation is 2. The molecule has 184 valence electrons. The first kappa shape index (κ1) is 26.6. The molecule has 0 aromatic heterocycles. The second-order valence-corrected chi connectivity index (χ2v) is 9.22. The van der Waals surface area contributed by atoms with Gasteiger partial charge in [0.1, 0.15) is 11.8 Å². The monoisotopic (exact) mass is 512 g/mol. The van der Waals surface area contributed by atoms with Gasteiger partial charge in [-0.15, -0.1) is 0 Å². The van der Waals surface area contributed by atoms with Crippen molar-refractivity contribution in [2.45, 2.75) is 39.8 Å². The van der Waals surface area contributed by atoms with Crippen LogP contribution in [0.5, 0.6) is 5.75 Å². The molecule has 0 saturated heterocycles. The van der Waals surface area contributed by atoms with Crippen LogP contribution in [0.3, 0.4) is 0 Å². The van der Waals surface area contributed by atoms with E-state index < -0.39 is 6.04 Å². The van der Waals surface area contributed by atoms with Gasteiger partial charge < -0.3 is 15.0 Å². The normalized spacial score (nSPS) is 11.6. The van der Waals surface area contributed by atoms with Gasteiger partial charge in [0.05, 0.1) is 10.0 Å². The second-order valence-electron chi connectivity index (χ2n) is 8.40. The van der Waals surface area contributed by atoms with E-state index in [1.54, 1.807) is 23.1 Å². The van der Waals surface area contributed by atoms with Gasteiger partial charge in [0.25, 0.3) is 5.91 Å². The molecular weight excluding hydrogens is 483 g/mol. The predicted molar refractivity (Wildman–Crippen MR) is 141 cm³/mol. The highest BCUT2D eigenvalue weighted by Gasteiger charge is 2.30. The predicted octanol–water partition coefficient (Wildman–Crippen LogP) is 5.77. The topological polar surface area (TPSA) is 58.6 Å². The molecule has 1 atom stereocenters. The molecule has 2 amide bonds. The summed E-state index contributed by atoms with van der Waals surface area (Å²) < 4.78 is 5.84. The van der Waals surface area contributed by atoms with Crippen LogP contribution in [0.15, 0.2) is 66.7 Å². The highest BCUT2D eigenvalue weighted by molar-refractivity contribution is 6.42. The van der Waals surface area contributed by atoms with Crippen LogP contribution in [0, 0.1) is 13.8 Å². The van der Waals surface area contributed by atoms with Crippen LogP contribution in [-0.4, -0.2) is 35.9 Å². The average Bonchev–Trinajstić information content (AvgIpc) is 2.84. The molecule has 0 aliphatic carbocycles. The quantitative estimate of drug-likeness (QED) is 0.375. The summed E-state index contributed by atoms with van der Waals surface area (Å²) in [6.45, 7) is 6.30. The Balaban J connectivity index is 1.91. The minimum absolute atomic E-state index is 0.181. The zero-order valence-electron chi connectivity index (χ0n) is 20.2. The Kier molecular flexibility index (Phi) is 9.58. The van der Waals surface area contributed by atoms with E-state index in [1.165, 1.54) is 0 Å². The maximum absolute atomic E-state index is 13.5. The van der Waals surface area contributed by atoms with Crippen molar-refractivity contribution in [2.75, 3.05) is 13.2 Å². The lowest BCUT2D eigenvalue weighted by Crippen LogP contribution is -2.51. The lowest BCUT2D eigenvalue weighted by atomic mass is 10.0. The minimum Gasteiger partial charge on any atom is -0.484 e. The summed E-state index contributed by atoms with van der Waals surface area (Å²) in [4.78, 5) is 28.2. The van der Waals surface area contributed by atoms with E-state index in [0.717, 1.165) is 22.3 Å². The Bertz CT molecular complexity index is 1170. The molecule has 3 rings (SSSR count). The van der Waals surface area contributed by atoms with Crippen molar-refractivity contribution in [2.24, 2.45) is 0 Å². The number of ether oxygens (including phenoxy) is 1.